The first-order valence-electron chi connectivity index (χ1n) is 7.16. The summed E-state index contributed by atoms with van der Waals surface area (Å²) in [4.78, 5) is 13.5. The van der Waals surface area contributed by atoms with Crippen molar-refractivity contribution < 1.29 is 17.9 Å². The molecule has 0 radical (unpaired) electrons. The maximum absolute atomic E-state index is 12.3. The van der Waals surface area contributed by atoms with Crippen LogP contribution >= 0.6 is 11.8 Å². The highest BCUT2D eigenvalue weighted by atomic mass is 32.2. The minimum absolute atomic E-state index is 0.129. The van der Waals surface area contributed by atoms with Gasteiger partial charge in [0.15, 0.2) is 0 Å². The second kappa shape index (κ2) is 7.72. The smallest absolute Gasteiger partial charge is 0.340 e. The fourth-order valence-electron chi connectivity index (χ4n) is 2.05. The van der Waals surface area contributed by atoms with Crippen LogP contribution in [0.3, 0.4) is 0 Å². The van der Waals surface area contributed by atoms with Gasteiger partial charge in [-0.05, 0) is 36.1 Å². The van der Waals surface area contributed by atoms with Gasteiger partial charge in [-0.15, -0.1) is 11.8 Å². The van der Waals surface area contributed by atoms with E-state index in [4.69, 9.17) is 4.74 Å². The first kappa shape index (κ1) is 18.4. The van der Waals surface area contributed by atoms with Crippen LogP contribution in [0.15, 0.2) is 53.4 Å². The first-order valence-corrected chi connectivity index (χ1v) is 10.2. The van der Waals surface area contributed by atoms with E-state index < -0.39 is 16.0 Å². The number of nitrogens with zero attached hydrogens (tertiary/aromatic N) is 1. The summed E-state index contributed by atoms with van der Waals surface area (Å²) in [6.45, 7) is 0.129. The van der Waals surface area contributed by atoms with Gasteiger partial charge in [0.2, 0.25) is 10.0 Å². The molecule has 5 nitrogen and oxygen atoms in total. The summed E-state index contributed by atoms with van der Waals surface area (Å²) < 4.78 is 29.8. The number of carbonyl (C=O) groups excluding carboxylic acids is 1. The van der Waals surface area contributed by atoms with E-state index >= 15 is 0 Å². The highest BCUT2D eigenvalue weighted by Gasteiger charge is 2.20. The van der Waals surface area contributed by atoms with Gasteiger partial charge >= 0.3 is 5.97 Å². The zero-order valence-corrected chi connectivity index (χ0v) is 15.4. The Morgan fingerprint density at radius 1 is 1.12 bits per heavy atom. The van der Waals surface area contributed by atoms with Gasteiger partial charge in [0.05, 0.1) is 17.5 Å². The van der Waals surface area contributed by atoms with Crippen LogP contribution in [0.5, 0.6) is 0 Å². The van der Waals surface area contributed by atoms with E-state index in [9.17, 15) is 13.2 Å². The number of esters is 1. The molecule has 0 aromatic heterocycles. The molecule has 0 saturated carbocycles. The van der Waals surface area contributed by atoms with Crippen molar-refractivity contribution in [2.75, 3.05) is 23.9 Å². The number of para-hydroxylation sites is 1. The van der Waals surface area contributed by atoms with Crippen LogP contribution in [0.25, 0.3) is 0 Å². The Morgan fingerprint density at radius 3 is 2.33 bits per heavy atom. The van der Waals surface area contributed by atoms with E-state index in [0.717, 1.165) is 21.0 Å². The monoisotopic (exact) mass is 365 g/mol. The van der Waals surface area contributed by atoms with Crippen molar-refractivity contribution in [3.63, 3.8) is 0 Å². The lowest BCUT2D eigenvalue weighted by atomic mass is 10.2. The molecule has 0 N–H and O–H groups in total. The maximum atomic E-state index is 12.3. The van der Waals surface area contributed by atoms with Gasteiger partial charge in [0.25, 0.3) is 0 Å². The van der Waals surface area contributed by atoms with E-state index in [2.05, 4.69) is 0 Å². The Kier molecular flexibility index (Phi) is 5.90. The van der Waals surface area contributed by atoms with Gasteiger partial charge in [-0.3, -0.25) is 4.31 Å². The lowest BCUT2D eigenvalue weighted by molar-refractivity contribution is 0.0473. The Labute approximate surface area is 146 Å². The minimum atomic E-state index is -3.46. The van der Waals surface area contributed by atoms with Crippen LogP contribution in [0.4, 0.5) is 5.69 Å². The van der Waals surface area contributed by atoms with Crippen molar-refractivity contribution in [2.45, 2.75) is 11.5 Å². The minimum Gasteiger partial charge on any atom is -0.457 e. The van der Waals surface area contributed by atoms with Gasteiger partial charge < -0.3 is 4.74 Å². The van der Waals surface area contributed by atoms with Crippen LogP contribution in [0.2, 0.25) is 0 Å². The molecule has 2 rings (SSSR count). The molecule has 0 fully saturated rings. The molecule has 0 heterocycles. The van der Waals surface area contributed by atoms with Gasteiger partial charge in [0.1, 0.15) is 6.61 Å². The summed E-state index contributed by atoms with van der Waals surface area (Å²) in [5.74, 6) is -0.560. The molecule has 0 aliphatic heterocycles. The number of benzene rings is 2. The van der Waals surface area contributed by atoms with Crippen molar-refractivity contribution in [3.05, 3.63) is 59.7 Å². The molecule has 0 aliphatic rings. The first-order chi connectivity index (χ1) is 11.3. The van der Waals surface area contributed by atoms with Gasteiger partial charge in [0, 0.05) is 11.9 Å². The zero-order valence-electron chi connectivity index (χ0n) is 13.7. The zero-order chi connectivity index (χ0) is 17.7. The Morgan fingerprint density at radius 2 is 1.75 bits per heavy atom. The van der Waals surface area contributed by atoms with E-state index in [-0.39, 0.29) is 12.2 Å². The molecule has 0 aliphatic carbocycles. The SMILES string of the molecule is CSc1ccc(COC(=O)c2ccccc2N(C)S(C)(=O)=O)cc1. The van der Waals surface area contributed by atoms with Crippen molar-refractivity contribution in [1.82, 2.24) is 0 Å². The van der Waals surface area contributed by atoms with Gasteiger partial charge in [-0.1, -0.05) is 24.3 Å². The summed E-state index contributed by atoms with van der Waals surface area (Å²) in [5, 5.41) is 0. The average Bonchev–Trinajstić information content (AvgIpc) is 2.58. The Hall–Kier alpha value is -1.99. The molecule has 0 atom stereocenters. The molecule has 0 amide bonds. The summed E-state index contributed by atoms with van der Waals surface area (Å²) in [5.41, 5.74) is 1.38. The molecule has 0 unspecified atom stereocenters. The normalized spacial score (nSPS) is 11.1. The molecule has 24 heavy (non-hydrogen) atoms. The number of hydrogen-bond donors (Lipinski definition) is 0. The van der Waals surface area contributed by atoms with Crippen molar-refractivity contribution >= 4 is 33.4 Å². The third-order valence-corrected chi connectivity index (χ3v) is 5.42. The van der Waals surface area contributed by atoms with Crippen LogP contribution in [0, 0.1) is 0 Å². The standard InChI is InChI=1S/C17H19NO4S2/c1-18(24(3,20)21)16-7-5-4-6-15(16)17(19)22-12-13-8-10-14(23-2)11-9-13/h4-11H,12H2,1-3H3. The van der Waals surface area contributed by atoms with E-state index in [1.165, 1.54) is 7.05 Å². The molecular formula is C17H19NO4S2. The number of rotatable bonds is 6. The maximum Gasteiger partial charge on any atom is 0.340 e. The van der Waals surface area contributed by atoms with Crippen LogP contribution in [-0.2, 0) is 21.4 Å². The molecule has 0 bridgehead atoms. The fraction of sp³-hybridized carbons (Fsp3) is 0.235. The predicted octanol–water partition coefficient (Wildman–Crippen LogP) is 3.16. The topological polar surface area (TPSA) is 63.7 Å². The van der Waals surface area contributed by atoms with E-state index in [0.29, 0.717) is 5.69 Å². The Bertz CT molecular complexity index is 817. The average molecular weight is 365 g/mol. The number of thioether (sulfide) groups is 1. The number of carbonyl (C=O) groups is 1. The molecule has 2 aromatic carbocycles. The molecular weight excluding hydrogens is 346 g/mol. The third-order valence-electron chi connectivity index (χ3n) is 3.49. The largest absolute Gasteiger partial charge is 0.457 e. The predicted molar refractivity (Wildman–Crippen MR) is 97.0 cm³/mol. The second-order valence-electron chi connectivity index (χ2n) is 5.17. The molecule has 128 valence electrons. The molecule has 0 saturated heterocycles. The van der Waals surface area contributed by atoms with E-state index in [1.54, 1.807) is 36.0 Å². The van der Waals surface area contributed by atoms with Gasteiger partial charge in [-0.2, -0.15) is 0 Å². The number of hydrogen-bond acceptors (Lipinski definition) is 5. The second-order valence-corrected chi connectivity index (χ2v) is 8.07. The highest BCUT2D eigenvalue weighted by Crippen LogP contribution is 2.23. The molecule has 2 aromatic rings. The highest BCUT2D eigenvalue weighted by molar-refractivity contribution is 7.98. The van der Waals surface area contributed by atoms with Crippen LogP contribution in [-0.4, -0.2) is 33.9 Å². The summed E-state index contributed by atoms with van der Waals surface area (Å²) in [7, 11) is -2.06. The number of anilines is 1. The molecule has 0 spiro atoms. The van der Waals surface area contributed by atoms with Crippen molar-refractivity contribution in [2.24, 2.45) is 0 Å². The van der Waals surface area contributed by atoms with Crippen molar-refractivity contribution in [3.8, 4) is 0 Å². The summed E-state index contributed by atoms with van der Waals surface area (Å²) >= 11 is 1.64. The van der Waals surface area contributed by atoms with Crippen LogP contribution < -0.4 is 4.31 Å². The van der Waals surface area contributed by atoms with Crippen LogP contribution in [0.1, 0.15) is 15.9 Å². The van der Waals surface area contributed by atoms with Crippen molar-refractivity contribution in [1.29, 1.82) is 0 Å². The quantitative estimate of drug-likeness (QED) is 0.581. The third kappa shape index (κ3) is 4.52. The number of ether oxygens (including phenoxy) is 1. The summed E-state index contributed by atoms with van der Waals surface area (Å²) in [6, 6.07) is 14.2. The lowest BCUT2D eigenvalue weighted by Crippen LogP contribution is -2.26. The van der Waals surface area contributed by atoms with Gasteiger partial charge in [-0.25, -0.2) is 13.2 Å². The fourth-order valence-corrected chi connectivity index (χ4v) is 2.97. The van der Waals surface area contributed by atoms with E-state index in [1.807, 2.05) is 30.5 Å². The lowest BCUT2D eigenvalue weighted by Gasteiger charge is -2.19. The summed E-state index contributed by atoms with van der Waals surface area (Å²) in [6.07, 6.45) is 3.08. The molecule has 7 heteroatoms. The Balaban J connectivity index is 2.15. The number of sulfonamides is 1.